The van der Waals surface area contributed by atoms with Crippen LogP contribution in [0.1, 0.15) is 21.9 Å². The second-order valence-electron chi connectivity index (χ2n) is 7.16. The van der Waals surface area contributed by atoms with E-state index in [4.69, 9.17) is 9.05 Å². The molecule has 0 saturated heterocycles. The van der Waals surface area contributed by atoms with E-state index in [-0.39, 0.29) is 17.4 Å². The number of anilines is 1. The van der Waals surface area contributed by atoms with E-state index in [2.05, 4.69) is 25.7 Å². The van der Waals surface area contributed by atoms with Crippen LogP contribution in [0.3, 0.4) is 0 Å². The predicted molar refractivity (Wildman–Crippen MR) is 116 cm³/mol. The number of nitrogens with zero attached hydrogens (tertiary/aromatic N) is 5. The molecule has 1 amide bonds. The van der Waals surface area contributed by atoms with Crippen molar-refractivity contribution in [3.63, 3.8) is 0 Å². The fourth-order valence-electron chi connectivity index (χ4n) is 3.36. The van der Waals surface area contributed by atoms with Crippen molar-refractivity contribution in [3.8, 4) is 28.6 Å². The van der Waals surface area contributed by atoms with Crippen LogP contribution in [-0.2, 0) is 0 Å². The molecule has 5 aromatic rings. The van der Waals surface area contributed by atoms with Gasteiger partial charge in [0.1, 0.15) is 0 Å². The molecule has 0 radical (unpaired) electrons. The van der Waals surface area contributed by atoms with Gasteiger partial charge in [0.2, 0.25) is 11.7 Å². The van der Waals surface area contributed by atoms with Crippen LogP contribution in [0.2, 0.25) is 0 Å². The van der Waals surface area contributed by atoms with Crippen LogP contribution in [0.5, 0.6) is 0 Å². The highest BCUT2D eigenvalue weighted by molar-refractivity contribution is 6.06. The SMILES string of the molecule is Cc1cc(C)n(-c2oc(-c3ccccc3)nc2C(=O)Nc2nonc2-c2ccccc2)n1. The maximum atomic E-state index is 13.3. The van der Waals surface area contributed by atoms with Crippen LogP contribution < -0.4 is 5.32 Å². The first-order valence-electron chi connectivity index (χ1n) is 9.89. The molecule has 0 fully saturated rings. The minimum atomic E-state index is -0.522. The van der Waals surface area contributed by atoms with Crippen LogP contribution in [-0.4, -0.2) is 31.0 Å². The summed E-state index contributed by atoms with van der Waals surface area (Å²) in [5, 5.41) is 15.0. The van der Waals surface area contributed by atoms with Crippen LogP contribution in [0, 0.1) is 13.8 Å². The highest BCUT2D eigenvalue weighted by Gasteiger charge is 2.26. The largest absolute Gasteiger partial charge is 0.417 e. The second-order valence-corrected chi connectivity index (χ2v) is 7.16. The fraction of sp³-hybridized carbons (Fsp3) is 0.0870. The van der Waals surface area contributed by atoms with Crippen LogP contribution in [0.4, 0.5) is 5.82 Å². The summed E-state index contributed by atoms with van der Waals surface area (Å²) in [7, 11) is 0. The van der Waals surface area contributed by atoms with E-state index in [9.17, 15) is 4.79 Å². The van der Waals surface area contributed by atoms with Crippen molar-refractivity contribution in [2.45, 2.75) is 13.8 Å². The summed E-state index contributed by atoms with van der Waals surface area (Å²) < 4.78 is 12.4. The Morgan fingerprint density at radius 2 is 1.62 bits per heavy atom. The maximum absolute atomic E-state index is 13.3. The zero-order valence-corrected chi connectivity index (χ0v) is 17.3. The fourth-order valence-corrected chi connectivity index (χ4v) is 3.36. The van der Waals surface area contributed by atoms with E-state index in [1.54, 1.807) is 4.68 Å². The molecule has 0 unspecified atom stereocenters. The van der Waals surface area contributed by atoms with Gasteiger partial charge in [-0.15, -0.1) is 0 Å². The predicted octanol–water partition coefficient (Wildman–Crippen LogP) is 4.45. The Bertz CT molecular complexity index is 1390. The molecular weight excluding hydrogens is 408 g/mol. The van der Waals surface area contributed by atoms with Gasteiger partial charge in [-0.25, -0.2) is 14.3 Å². The van der Waals surface area contributed by atoms with Gasteiger partial charge in [0, 0.05) is 16.8 Å². The first kappa shape index (κ1) is 19.4. The number of rotatable bonds is 5. The number of amides is 1. The molecule has 1 N–H and O–H groups in total. The number of carbonyl (C=O) groups excluding carboxylic acids is 1. The Kier molecular flexibility index (Phi) is 4.83. The van der Waals surface area contributed by atoms with Gasteiger partial charge < -0.3 is 9.73 Å². The highest BCUT2D eigenvalue weighted by Crippen LogP contribution is 2.28. The lowest BCUT2D eigenvalue weighted by atomic mass is 10.1. The summed E-state index contributed by atoms with van der Waals surface area (Å²) in [6.07, 6.45) is 0. The first-order chi connectivity index (χ1) is 15.6. The third kappa shape index (κ3) is 3.56. The molecule has 32 heavy (non-hydrogen) atoms. The molecule has 0 aliphatic heterocycles. The van der Waals surface area contributed by atoms with Gasteiger partial charge in [-0.2, -0.15) is 5.10 Å². The molecule has 9 heteroatoms. The summed E-state index contributed by atoms with van der Waals surface area (Å²) in [5.74, 6) is 0.181. The van der Waals surface area contributed by atoms with Crippen LogP contribution in [0.15, 0.2) is 75.8 Å². The summed E-state index contributed by atoms with van der Waals surface area (Å²) >= 11 is 0. The lowest BCUT2D eigenvalue weighted by Crippen LogP contribution is -2.16. The van der Waals surface area contributed by atoms with Crippen molar-refractivity contribution < 1.29 is 13.8 Å². The molecule has 3 aromatic heterocycles. The van der Waals surface area contributed by atoms with E-state index >= 15 is 0 Å². The van der Waals surface area contributed by atoms with Gasteiger partial charge in [-0.1, -0.05) is 48.5 Å². The van der Waals surface area contributed by atoms with Crippen molar-refractivity contribution in [1.29, 1.82) is 0 Å². The minimum Gasteiger partial charge on any atom is -0.417 e. The Balaban J connectivity index is 1.56. The molecule has 5 rings (SSSR count). The van der Waals surface area contributed by atoms with Gasteiger partial charge >= 0.3 is 0 Å². The Morgan fingerprint density at radius 1 is 0.938 bits per heavy atom. The zero-order chi connectivity index (χ0) is 22.1. The topological polar surface area (TPSA) is 112 Å². The molecule has 0 bridgehead atoms. The van der Waals surface area contributed by atoms with Crippen molar-refractivity contribution >= 4 is 11.7 Å². The summed E-state index contributed by atoms with van der Waals surface area (Å²) in [4.78, 5) is 17.7. The van der Waals surface area contributed by atoms with E-state index in [1.165, 1.54) is 0 Å². The zero-order valence-electron chi connectivity index (χ0n) is 17.3. The lowest BCUT2D eigenvalue weighted by Gasteiger charge is -2.04. The van der Waals surface area contributed by atoms with Gasteiger partial charge in [0.15, 0.2) is 11.4 Å². The third-order valence-corrected chi connectivity index (χ3v) is 4.81. The highest BCUT2D eigenvalue weighted by atomic mass is 16.6. The Labute approximate surface area is 182 Å². The molecule has 0 saturated carbocycles. The molecule has 0 spiro atoms. The summed E-state index contributed by atoms with van der Waals surface area (Å²) in [5.41, 5.74) is 3.57. The second kappa shape index (κ2) is 7.95. The number of nitrogens with one attached hydrogen (secondary N) is 1. The van der Waals surface area contributed by atoms with Crippen molar-refractivity contribution in [3.05, 3.63) is 83.8 Å². The normalized spacial score (nSPS) is 10.9. The summed E-state index contributed by atoms with van der Waals surface area (Å²) in [6, 6.07) is 20.5. The average molecular weight is 426 g/mol. The monoisotopic (exact) mass is 426 g/mol. The molecule has 3 heterocycles. The van der Waals surface area contributed by atoms with Gasteiger partial charge in [0.25, 0.3) is 11.8 Å². The molecule has 9 nitrogen and oxygen atoms in total. The Morgan fingerprint density at radius 3 is 2.28 bits per heavy atom. The van der Waals surface area contributed by atoms with E-state index < -0.39 is 5.91 Å². The lowest BCUT2D eigenvalue weighted by molar-refractivity contribution is 0.102. The number of aromatic nitrogens is 5. The Hall–Kier alpha value is -4.53. The molecule has 158 valence electrons. The number of aryl methyl sites for hydroxylation is 2. The average Bonchev–Trinajstić information content (AvgIpc) is 3.53. The van der Waals surface area contributed by atoms with E-state index in [1.807, 2.05) is 80.6 Å². The van der Waals surface area contributed by atoms with Gasteiger partial charge in [-0.3, -0.25) is 4.79 Å². The molecule has 0 atom stereocenters. The standard InChI is InChI=1S/C23H18N6O3/c1-14-13-15(2)29(26-14)23-19(24-22(31-23)17-11-7-4-8-12-17)21(30)25-20-18(27-32-28-20)16-9-5-3-6-10-16/h3-13H,1-2H3,(H,25,28,30). The van der Waals surface area contributed by atoms with Crippen molar-refractivity contribution in [2.24, 2.45) is 0 Å². The number of oxazole rings is 1. The van der Waals surface area contributed by atoms with Crippen LogP contribution >= 0.6 is 0 Å². The minimum absolute atomic E-state index is 0.0667. The van der Waals surface area contributed by atoms with Crippen molar-refractivity contribution in [1.82, 2.24) is 25.1 Å². The van der Waals surface area contributed by atoms with Crippen LogP contribution in [0.25, 0.3) is 28.6 Å². The number of hydrogen-bond acceptors (Lipinski definition) is 7. The van der Waals surface area contributed by atoms with Crippen molar-refractivity contribution in [2.75, 3.05) is 5.32 Å². The maximum Gasteiger partial charge on any atom is 0.281 e. The third-order valence-electron chi connectivity index (χ3n) is 4.81. The number of benzene rings is 2. The molecule has 0 aliphatic rings. The van der Waals surface area contributed by atoms with E-state index in [0.29, 0.717) is 11.6 Å². The number of carbonyl (C=O) groups is 1. The molecule has 2 aromatic carbocycles. The first-order valence-corrected chi connectivity index (χ1v) is 9.89. The van der Waals surface area contributed by atoms with Gasteiger partial charge in [0.05, 0.1) is 5.69 Å². The van der Waals surface area contributed by atoms with Gasteiger partial charge in [-0.05, 0) is 42.4 Å². The quantitative estimate of drug-likeness (QED) is 0.442. The number of hydrogen-bond donors (Lipinski definition) is 1. The summed E-state index contributed by atoms with van der Waals surface area (Å²) in [6.45, 7) is 3.74. The molecular formula is C23H18N6O3. The molecule has 0 aliphatic carbocycles. The smallest absolute Gasteiger partial charge is 0.281 e. The van der Waals surface area contributed by atoms with E-state index in [0.717, 1.165) is 22.5 Å².